The fourth-order valence-electron chi connectivity index (χ4n) is 1.83. The SMILES string of the molecule is COCCNc1ccnc(NCCOc2ccc(OC)cc2)n1. The molecule has 23 heavy (non-hydrogen) atoms. The van der Waals surface area contributed by atoms with E-state index < -0.39 is 0 Å². The van der Waals surface area contributed by atoms with Crippen molar-refractivity contribution >= 4 is 11.8 Å². The van der Waals surface area contributed by atoms with Gasteiger partial charge in [0.2, 0.25) is 5.95 Å². The largest absolute Gasteiger partial charge is 0.497 e. The fourth-order valence-corrected chi connectivity index (χ4v) is 1.83. The first-order valence-corrected chi connectivity index (χ1v) is 7.38. The van der Waals surface area contributed by atoms with E-state index in [1.807, 2.05) is 30.3 Å². The van der Waals surface area contributed by atoms with Crippen LogP contribution in [0, 0.1) is 0 Å². The number of aromatic nitrogens is 2. The minimum Gasteiger partial charge on any atom is -0.497 e. The van der Waals surface area contributed by atoms with Crippen LogP contribution in [0.4, 0.5) is 11.8 Å². The maximum Gasteiger partial charge on any atom is 0.224 e. The van der Waals surface area contributed by atoms with Gasteiger partial charge in [0, 0.05) is 19.9 Å². The minimum atomic E-state index is 0.511. The Hall–Kier alpha value is -2.54. The van der Waals surface area contributed by atoms with Crippen LogP contribution in [0.1, 0.15) is 0 Å². The van der Waals surface area contributed by atoms with E-state index >= 15 is 0 Å². The third-order valence-electron chi connectivity index (χ3n) is 2.98. The van der Waals surface area contributed by atoms with E-state index in [0.29, 0.717) is 32.3 Å². The molecule has 0 fully saturated rings. The first-order valence-electron chi connectivity index (χ1n) is 7.38. The number of nitrogens with one attached hydrogen (secondary N) is 2. The van der Waals surface area contributed by atoms with E-state index in [4.69, 9.17) is 14.2 Å². The van der Waals surface area contributed by atoms with Crippen LogP contribution in [0.2, 0.25) is 0 Å². The van der Waals surface area contributed by atoms with Crippen molar-refractivity contribution in [2.45, 2.75) is 0 Å². The number of rotatable bonds is 10. The summed E-state index contributed by atoms with van der Waals surface area (Å²) in [7, 11) is 3.30. The molecule has 1 aromatic heterocycles. The second kappa shape index (κ2) is 9.47. The molecule has 0 aliphatic rings. The lowest BCUT2D eigenvalue weighted by Gasteiger charge is -2.09. The van der Waals surface area contributed by atoms with Gasteiger partial charge in [-0.3, -0.25) is 0 Å². The predicted octanol–water partition coefficient (Wildman–Crippen LogP) is 2.03. The third kappa shape index (κ3) is 5.99. The molecule has 0 radical (unpaired) electrons. The Kier molecular flexibility index (Phi) is 6.93. The zero-order valence-corrected chi connectivity index (χ0v) is 13.4. The van der Waals surface area contributed by atoms with Gasteiger partial charge in [0.05, 0.1) is 20.3 Å². The second-order valence-corrected chi connectivity index (χ2v) is 4.64. The average Bonchev–Trinajstić information content (AvgIpc) is 2.60. The Morgan fingerprint density at radius 1 is 0.913 bits per heavy atom. The van der Waals surface area contributed by atoms with Crippen LogP contribution in [-0.4, -0.2) is 50.5 Å². The summed E-state index contributed by atoms with van der Waals surface area (Å²) in [6.45, 7) is 2.45. The molecule has 0 spiro atoms. The number of anilines is 2. The molecular weight excluding hydrogens is 296 g/mol. The first kappa shape index (κ1) is 16.8. The van der Waals surface area contributed by atoms with Crippen molar-refractivity contribution in [1.82, 2.24) is 9.97 Å². The number of ether oxygens (including phenoxy) is 3. The van der Waals surface area contributed by atoms with Gasteiger partial charge in [0.25, 0.3) is 0 Å². The highest BCUT2D eigenvalue weighted by molar-refractivity contribution is 5.39. The number of benzene rings is 1. The van der Waals surface area contributed by atoms with Gasteiger partial charge in [-0.2, -0.15) is 4.98 Å². The zero-order valence-electron chi connectivity index (χ0n) is 13.4. The normalized spacial score (nSPS) is 10.2. The van der Waals surface area contributed by atoms with E-state index in [-0.39, 0.29) is 0 Å². The van der Waals surface area contributed by atoms with Crippen molar-refractivity contribution in [3.8, 4) is 11.5 Å². The van der Waals surface area contributed by atoms with Crippen molar-refractivity contribution in [3.63, 3.8) is 0 Å². The summed E-state index contributed by atoms with van der Waals surface area (Å²) in [5.41, 5.74) is 0. The lowest BCUT2D eigenvalue weighted by Crippen LogP contribution is -2.14. The molecule has 7 nitrogen and oxygen atoms in total. The first-order chi connectivity index (χ1) is 11.3. The van der Waals surface area contributed by atoms with Gasteiger partial charge >= 0.3 is 0 Å². The lowest BCUT2D eigenvalue weighted by molar-refractivity contribution is 0.210. The van der Waals surface area contributed by atoms with Crippen LogP contribution in [0.5, 0.6) is 11.5 Å². The van der Waals surface area contributed by atoms with Crippen LogP contribution < -0.4 is 20.1 Å². The Morgan fingerprint density at radius 2 is 1.65 bits per heavy atom. The van der Waals surface area contributed by atoms with Crippen molar-refractivity contribution in [2.24, 2.45) is 0 Å². The molecule has 1 heterocycles. The molecule has 7 heteroatoms. The van der Waals surface area contributed by atoms with Gasteiger partial charge in [-0.1, -0.05) is 0 Å². The van der Waals surface area contributed by atoms with E-state index in [9.17, 15) is 0 Å². The molecule has 2 rings (SSSR count). The highest BCUT2D eigenvalue weighted by Gasteiger charge is 1.99. The Bertz CT molecular complexity index is 578. The molecule has 0 unspecified atom stereocenters. The van der Waals surface area contributed by atoms with E-state index in [1.165, 1.54) is 0 Å². The van der Waals surface area contributed by atoms with Crippen LogP contribution in [0.15, 0.2) is 36.5 Å². The van der Waals surface area contributed by atoms with Crippen LogP contribution >= 0.6 is 0 Å². The van der Waals surface area contributed by atoms with Crippen molar-refractivity contribution < 1.29 is 14.2 Å². The highest BCUT2D eigenvalue weighted by atomic mass is 16.5. The van der Waals surface area contributed by atoms with Gasteiger partial charge in [0.15, 0.2) is 0 Å². The number of hydrogen-bond donors (Lipinski definition) is 2. The Morgan fingerprint density at radius 3 is 2.39 bits per heavy atom. The summed E-state index contributed by atoms with van der Waals surface area (Å²) in [6, 6.07) is 9.28. The number of nitrogens with zero attached hydrogens (tertiary/aromatic N) is 2. The second-order valence-electron chi connectivity index (χ2n) is 4.64. The molecular formula is C16H22N4O3. The molecule has 2 aromatic rings. The van der Waals surface area contributed by atoms with Gasteiger partial charge in [-0.25, -0.2) is 4.98 Å². The summed E-state index contributed by atoms with van der Waals surface area (Å²) < 4.78 is 15.7. The maximum atomic E-state index is 5.63. The van der Waals surface area contributed by atoms with Crippen molar-refractivity contribution in [2.75, 3.05) is 51.2 Å². The topological polar surface area (TPSA) is 77.5 Å². The average molecular weight is 318 g/mol. The maximum absolute atomic E-state index is 5.63. The molecule has 1 aromatic carbocycles. The predicted molar refractivity (Wildman–Crippen MR) is 89.4 cm³/mol. The van der Waals surface area contributed by atoms with E-state index in [1.54, 1.807) is 20.4 Å². The molecule has 0 aliphatic carbocycles. The van der Waals surface area contributed by atoms with Crippen LogP contribution in [0.25, 0.3) is 0 Å². The van der Waals surface area contributed by atoms with Gasteiger partial charge in [-0.15, -0.1) is 0 Å². The number of methoxy groups -OCH3 is 2. The molecule has 0 saturated heterocycles. The fraction of sp³-hybridized carbons (Fsp3) is 0.375. The summed E-state index contributed by atoms with van der Waals surface area (Å²) in [4.78, 5) is 8.52. The zero-order chi connectivity index (χ0) is 16.3. The quantitative estimate of drug-likeness (QED) is 0.649. The standard InChI is InChI=1S/C16H22N4O3/c1-21-11-9-17-15-7-8-18-16(20-15)19-10-12-23-14-5-3-13(22-2)4-6-14/h3-8H,9-12H2,1-2H3,(H2,17,18,19,20). The highest BCUT2D eigenvalue weighted by Crippen LogP contribution is 2.16. The molecule has 124 valence electrons. The molecule has 0 amide bonds. The summed E-state index contributed by atoms with van der Waals surface area (Å²) in [5, 5.41) is 6.28. The summed E-state index contributed by atoms with van der Waals surface area (Å²) in [6.07, 6.45) is 1.70. The van der Waals surface area contributed by atoms with Gasteiger partial charge < -0.3 is 24.8 Å². The van der Waals surface area contributed by atoms with Crippen molar-refractivity contribution in [3.05, 3.63) is 36.5 Å². The van der Waals surface area contributed by atoms with Gasteiger partial charge in [0.1, 0.15) is 23.9 Å². The molecule has 2 N–H and O–H groups in total. The smallest absolute Gasteiger partial charge is 0.224 e. The van der Waals surface area contributed by atoms with E-state index in [0.717, 1.165) is 17.3 Å². The lowest BCUT2D eigenvalue weighted by atomic mass is 10.3. The molecule has 0 atom stereocenters. The van der Waals surface area contributed by atoms with Crippen molar-refractivity contribution in [1.29, 1.82) is 0 Å². The monoisotopic (exact) mass is 318 g/mol. The third-order valence-corrected chi connectivity index (χ3v) is 2.98. The van der Waals surface area contributed by atoms with E-state index in [2.05, 4.69) is 20.6 Å². The molecule has 0 aliphatic heterocycles. The Balaban J connectivity index is 1.71. The molecule has 0 bridgehead atoms. The van der Waals surface area contributed by atoms with Crippen LogP contribution in [-0.2, 0) is 4.74 Å². The van der Waals surface area contributed by atoms with Crippen LogP contribution in [0.3, 0.4) is 0 Å². The number of hydrogen-bond acceptors (Lipinski definition) is 7. The summed E-state index contributed by atoms with van der Waals surface area (Å²) in [5.74, 6) is 2.92. The minimum absolute atomic E-state index is 0.511. The molecule has 0 saturated carbocycles. The summed E-state index contributed by atoms with van der Waals surface area (Å²) >= 11 is 0. The Labute approximate surface area is 136 Å². The van der Waals surface area contributed by atoms with Gasteiger partial charge in [-0.05, 0) is 30.3 Å².